The van der Waals surface area contributed by atoms with Crippen molar-refractivity contribution in [1.82, 2.24) is 0 Å². The Bertz CT molecular complexity index is 329. The zero-order valence-corrected chi connectivity index (χ0v) is 9.39. The molecule has 0 amide bonds. The third-order valence-corrected chi connectivity index (χ3v) is 4.03. The van der Waals surface area contributed by atoms with Gasteiger partial charge in [0.1, 0.15) is 0 Å². The van der Waals surface area contributed by atoms with E-state index in [1.165, 1.54) is 22.0 Å². The molecule has 0 heterocycles. The summed E-state index contributed by atoms with van der Waals surface area (Å²) in [5.41, 5.74) is 8.76. The highest BCUT2D eigenvalue weighted by Crippen LogP contribution is 2.42. The molecule has 1 aromatic rings. The van der Waals surface area contributed by atoms with Crippen molar-refractivity contribution >= 4 is 15.9 Å². The first-order valence-electron chi connectivity index (χ1n) is 4.68. The number of benzene rings is 1. The molecule has 1 fully saturated rings. The van der Waals surface area contributed by atoms with Crippen molar-refractivity contribution in [2.75, 3.05) is 0 Å². The van der Waals surface area contributed by atoms with Gasteiger partial charge >= 0.3 is 0 Å². The van der Waals surface area contributed by atoms with Crippen LogP contribution in [0.25, 0.3) is 0 Å². The molecule has 1 aliphatic carbocycles. The van der Waals surface area contributed by atoms with Gasteiger partial charge in [0.2, 0.25) is 0 Å². The second-order valence-electron chi connectivity index (χ2n) is 3.95. The van der Waals surface area contributed by atoms with Gasteiger partial charge in [0.15, 0.2) is 0 Å². The molecule has 0 spiro atoms. The maximum Gasteiger partial charge on any atom is 0.0421 e. The smallest absolute Gasteiger partial charge is 0.0421 e. The van der Waals surface area contributed by atoms with E-state index in [1.807, 2.05) is 0 Å². The summed E-state index contributed by atoms with van der Waals surface area (Å²) < 4.78 is 1.19. The van der Waals surface area contributed by atoms with Gasteiger partial charge in [0.05, 0.1) is 0 Å². The molecule has 13 heavy (non-hydrogen) atoms. The molecule has 2 N–H and O–H groups in total. The predicted molar refractivity (Wildman–Crippen MR) is 58.6 cm³/mol. The normalized spacial score (nSPS) is 19.6. The number of hydrogen-bond acceptors (Lipinski definition) is 1. The van der Waals surface area contributed by atoms with Crippen LogP contribution in [0.2, 0.25) is 0 Å². The topological polar surface area (TPSA) is 26.0 Å². The predicted octanol–water partition coefficient (Wildman–Crippen LogP) is 3.10. The molecule has 1 aromatic carbocycles. The van der Waals surface area contributed by atoms with Crippen LogP contribution in [0, 0.1) is 6.92 Å². The molecule has 1 aliphatic rings. The standard InChI is InChI=1S/C11H14BrN/c1-8-4-2-5-9(10(8)12)11(13)6-3-7-11/h2,4-5H,3,6-7,13H2,1H3. The average molecular weight is 240 g/mol. The first-order chi connectivity index (χ1) is 6.13. The zero-order chi connectivity index (χ0) is 9.47. The molecule has 0 unspecified atom stereocenters. The fraction of sp³-hybridized carbons (Fsp3) is 0.455. The number of aryl methyl sites for hydroxylation is 1. The van der Waals surface area contributed by atoms with Gasteiger partial charge in [0.25, 0.3) is 0 Å². The van der Waals surface area contributed by atoms with Crippen LogP contribution in [0.5, 0.6) is 0 Å². The van der Waals surface area contributed by atoms with E-state index in [1.54, 1.807) is 0 Å². The first-order valence-corrected chi connectivity index (χ1v) is 5.47. The molecule has 0 saturated heterocycles. The van der Waals surface area contributed by atoms with Crippen LogP contribution >= 0.6 is 15.9 Å². The Hall–Kier alpha value is -0.340. The fourth-order valence-corrected chi connectivity index (χ4v) is 2.52. The van der Waals surface area contributed by atoms with E-state index >= 15 is 0 Å². The Labute approximate surface area is 87.5 Å². The molecule has 1 nitrogen and oxygen atoms in total. The molecule has 0 aliphatic heterocycles. The molecule has 0 radical (unpaired) electrons. The summed E-state index contributed by atoms with van der Waals surface area (Å²) >= 11 is 3.61. The molecule has 2 rings (SSSR count). The van der Waals surface area contributed by atoms with Gasteiger partial charge in [-0.2, -0.15) is 0 Å². The lowest BCUT2D eigenvalue weighted by Gasteiger charge is -2.39. The minimum atomic E-state index is -0.0507. The largest absolute Gasteiger partial charge is 0.321 e. The molecule has 0 aromatic heterocycles. The van der Waals surface area contributed by atoms with Crippen LogP contribution < -0.4 is 5.73 Å². The summed E-state index contributed by atoms with van der Waals surface area (Å²) in [5, 5.41) is 0. The van der Waals surface area contributed by atoms with Crippen molar-refractivity contribution in [1.29, 1.82) is 0 Å². The summed E-state index contributed by atoms with van der Waals surface area (Å²) in [6.45, 7) is 2.11. The van der Waals surface area contributed by atoms with Crippen LogP contribution in [0.15, 0.2) is 22.7 Å². The Morgan fingerprint density at radius 3 is 2.62 bits per heavy atom. The van der Waals surface area contributed by atoms with E-state index in [2.05, 4.69) is 41.1 Å². The van der Waals surface area contributed by atoms with E-state index in [4.69, 9.17) is 5.73 Å². The molecule has 2 heteroatoms. The third-order valence-electron chi connectivity index (χ3n) is 2.97. The quantitative estimate of drug-likeness (QED) is 0.801. The first kappa shape index (κ1) is 9.22. The maximum absolute atomic E-state index is 6.26. The molecule has 70 valence electrons. The minimum Gasteiger partial charge on any atom is -0.321 e. The monoisotopic (exact) mass is 239 g/mol. The Balaban J connectivity index is 2.45. The van der Waals surface area contributed by atoms with Gasteiger partial charge in [0, 0.05) is 10.0 Å². The second-order valence-corrected chi connectivity index (χ2v) is 4.74. The van der Waals surface area contributed by atoms with E-state index in [0.29, 0.717) is 0 Å². The van der Waals surface area contributed by atoms with Crippen molar-refractivity contribution in [3.63, 3.8) is 0 Å². The number of nitrogens with two attached hydrogens (primary N) is 1. The third kappa shape index (κ3) is 1.42. The lowest BCUT2D eigenvalue weighted by molar-refractivity contribution is 0.252. The summed E-state index contributed by atoms with van der Waals surface area (Å²) in [6.07, 6.45) is 3.50. The van der Waals surface area contributed by atoms with Crippen molar-refractivity contribution in [2.24, 2.45) is 5.73 Å². The van der Waals surface area contributed by atoms with Crippen LogP contribution in [-0.4, -0.2) is 0 Å². The van der Waals surface area contributed by atoms with Gasteiger partial charge in [-0.1, -0.05) is 34.1 Å². The van der Waals surface area contributed by atoms with Crippen molar-refractivity contribution in [3.8, 4) is 0 Å². The summed E-state index contributed by atoms with van der Waals surface area (Å²) in [4.78, 5) is 0. The van der Waals surface area contributed by atoms with E-state index in [0.717, 1.165) is 12.8 Å². The highest BCUT2D eigenvalue weighted by Gasteiger charge is 2.35. The molecular formula is C11H14BrN. The van der Waals surface area contributed by atoms with Gasteiger partial charge < -0.3 is 5.73 Å². The zero-order valence-electron chi connectivity index (χ0n) is 7.81. The number of halogens is 1. The lowest BCUT2D eigenvalue weighted by atomic mass is 9.72. The Morgan fingerprint density at radius 2 is 2.08 bits per heavy atom. The molecular weight excluding hydrogens is 226 g/mol. The number of rotatable bonds is 1. The van der Waals surface area contributed by atoms with Crippen molar-refractivity contribution in [2.45, 2.75) is 31.7 Å². The van der Waals surface area contributed by atoms with Crippen molar-refractivity contribution < 1.29 is 0 Å². The Morgan fingerprint density at radius 1 is 1.38 bits per heavy atom. The summed E-state index contributed by atoms with van der Waals surface area (Å²) in [7, 11) is 0. The van der Waals surface area contributed by atoms with E-state index < -0.39 is 0 Å². The highest BCUT2D eigenvalue weighted by molar-refractivity contribution is 9.10. The molecule has 0 atom stereocenters. The molecule has 1 saturated carbocycles. The SMILES string of the molecule is Cc1cccc(C2(N)CCC2)c1Br. The van der Waals surface area contributed by atoms with Crippen LogP contribution in [0.4, 0.5) is 0 Å². The van der Waals surface area contributed by atoms with Crippen LogP contribution in [0.3, 0.4) is 0 Å². The Kier molecular flexibility index (Phi) is 2.20. The van der Waals surface area contributed by atoms with Gasteiger partial charge in [-0.05, 0) is 37.3 Å². The lowest BCUT2D eigenvalue weighted by Crippen LogP contribution is -2.43. The van der Waals surface area contributed by atoms with Crippen LogP contribution in [-0.2, 0) is 5.54 Å². The highest BCUT2D eigenvalue weighted by atomic mass is 79.9. The minimum absolute atomic E-state index is 0.0507. The van der Waals surface area contributed by atoms with Gasteiger partial charge in [-0.15, -0.1) is 0 Å². The maximum atomic E-state index is 6.26. The summed E-state index contributed by atoms with van der Waals surface area (Å²) in [6, 6.07) is 6.33. The second kappa shape index (κ2) is 3.10. The van der Waals surface area contributed by atoms with Crippen molar-refractivity contribution in [3.05, 3.63) is 33.8 Å². The average Bonchev–Trinajstić information content (AvgIpc) is 2.06. The van der Waals surface area contributed by atoms with E-state index in [9.17, 15) is 0 Å². The van der Waals surface area contributed by atoms with Gasteiger partial charge in [-0.3, -0.25) is 0 Å². The van der Waals surface area contributed by atoms with E-state index in [-0.39, 0.29) is 5.54 Å². The summed E-state index contributed by atoms with van der Waals surface area (Å²) in [5.74, 6) is 0. The molecule has 0 bridgehead atoms. The van der Waals surface area contributed by atoms with Gasteiger partial charge in [-0.25, -0.2) is 0 Å². The van der Waals surface area contributed by atoms with Crippen LogP contribution in [0.1, 0.15) is 30.4 Å². The fourth-order valence-electron chi connectivity index (χ4n) is 1.86. The number of hydrogen-bond donors (Lipinski definition) is 1.